The molecule has 0 amide bonds. The van der Waals surface area contributed by atoms with E-state index < -0.39 is 61.5 Å². The number of ether oxygens (including phenoxy) is 4. The number of nitrogens with one attached hydrogen (secondary N) is 4. The Bertz CT molecular complexity index is 5320. The quantitative estimate of drug-likeness (QED) is 0.0367. The molecule has 0 radical (unpaired) electrons. The molecule has 123 heavy (non-hydrogen) atoms. The molecular formula is C80H103F2N19O14S8. The van der Waals surface area contributed by atoms with Crippen molar-refractivity contribution in [1.82, 2.24) is 71.6 Å². The molecule has 0 bridgehead atoms. The summed E-state index contributed by atoms with van der Waals surface area (Å²) < 4.78 is 184. The topological polar surface area (TPSA) is 401 Å². The number of nitrogens with zero attached hydrogens (tertiary/aromatic N) is 15. The first-order chi connectivity index (χ1) is 58.8. The number of anilines is 4. The molecule has 10 aromatic rings. The fourth-order valence-corrected chi connectivity index (χ4v) is 25.0. The van der Waals surface area contributed by atoms with Gasteiger partial charge in [0.15, 0.2) is 0 Å². The molecule has 664 valence electrons. The summed E-state index contributed by atoms with van der Waals surface area (Å²) in [4.78, 5) is 20.7. The summed E-state index contributed by atoms with van der Waals surface area (Å²) in [7, 11) is -11.9. The molecule has 10 atom stereocenters. The zero-order valence-electron chi connectivity index (χ0n) is 67.7. The van der Waals surface area contributed by atoms with Gasteiger partial charge in [0.1, 0.15) is 68.4 Å². The molecule has 8 aliphatic heterocycles. The van der Waals surface area contributed by atoms with Gasteiger partial charge < -0.3 is 29.2 Å². The Morgan fingerprint density at radius 2 is 0.813 bits per heavy atom. The number of rotatable bonds is 22. The van der Waals surface area contributed by atoms with Crippen LogP contribution in [0, 0.1) is 23.5 Å². The lowest BCUT2D eigenvalue weighted by molar-refractivity contribution is 0.0447. The van der Waals surface area contributed by atoms with E-state index in [4.69, 9.17) is 18.9 Å². The maximum atomic E-state index is 15.2. The number of hydrogen-bond donors (Lipinski definition) is 6. The van der Waals surface area contributed by atoms with Crippen molar-refractivity contribution >= 4 is 107 Å². The second-order valence-corrected chi connectivity index (χ2v) is 41.4. The van der Waals surface area contributed by atoms with E-state index in [1.807, 2.05) is 47.7 Å². The summed E-state index contributed by atoms with van der Waals surface area (Å²) in [5.74, 6) is 1.58. The lowest BCUT2D eigenvalue weighted by Crippen LogP contribution is -2.44. The average molecular weight is 1850 g/mol. The Morgan fingerprint density at radius 3 is 1.18 bits per heavy atom. The van der Waals surface area contributed by atoms with E-state index in [1.54, 1.807) is 36.7 Å². The van der Waals surface area contributed by atoms with E-state index in [0.29, 0.717) is 102 Å². The Morgan fingerprint density at radius 1 is 0.423 bits per heavy atom. The van der Waals surface area contributed by atoms with Crippen LogP contribution in [0.15, 0.2) is 136 Å². The van der Waals surface area contributed by atoms with Crippen molar-refractivity contribution in [1.29, 1.82) is 0 Å². The van der Waals surface area contributed by atoms with Crippen molar-refractivity contribution in [2.24, 2.45) is 25.9 Å². The summed E-state index contributed by atoms with van der Waals surface area (Å²) >= 11 is 3.85. The molecule has 33 nitrogen and oxygen atoms in total. The van der Waals surface area contributed by atoms with Crippen LogP contribution in [0.1, 0.15) is 194 Å². The molecule has 6 aromatic heterocycles. The second-order valence-electron chi connectivity index (χ2n) is 31.5. The van der Waals surface area contributed by atoms with E-state index in [0.717, 1.165) is 172 Å². The number of hydrogen-bond acceptors (Lipinski definition) is 31. The predicted octanol–water partition coefficient (Wildman–Crippen LogP) is 13.1. The number of piperidine rings is 4. The van der Waals surface area contributed by atoms with E-state index >= 15 is 8.78 Å². The van der Waals surface area contributed by atoms with E-state index in [9.17, 15) is 43.9 Å². The van der Waals surface area contributed by atoms with Gasteiger partial charge >= 0.3 is 0 Å². The molecule has 14 heterocycles. The van der Waals surface area contributed by atoms with Gasteiger partial charge in [0.25, 0.3) is 40.1 Å². The zero-order valence-corrected chi connectivity index (χ0v) is 74.2. The number of sulfonamides is 4. The highest BCUT2D eigenvalue weighted by atomic mass is 32.2. The maximum Gasteiger partial charge on any atom is 0.266 e. The minimum absolute atomic E-state index is 0. The number of aromatic nitrogens is 11. The largest absolute Gasteiger partial charge is 0.493 e. The third-order valence-corrected chi connectivity index (χ3v) is 32.2. The van der Waals surface area contributed by atoms with Gasteiger partial charge in [-0.2, -0.15) is 27.7 Å². The first-order valence-corrected chi connectivity index (χ1v) is 49.8. The number of likely N-dealkylation sites (tertiary alicyclic amines) is 4. The molecular weight excluding hydrogens is 1750 g/mol. The van der Waals surface area contributed by atoms with Crippen molar-refractivity contribution in [2.75, 3.05) is 84.7 Å². The molecule has 4 aromatic carbocycles. The van der Waals surface area contributed by atoms with Gasteiger partial charge in [0, 0.05) is 189 Å². The van der Waals surface area contributed by atoms with Gasteiger partial charge in [-0.25, -0.2) is 57.4 Å². The van der Waals surface area contributed by atoms with E-state index in [1.165, 1.54) is 68.4 Å². The number of aryl methyl sites for hydroxylation is 2. The third-order valence-electron chi connectivity index (χ3n) is 23.8. The molecule has 6 N–H and O–H groups in total. The fourth-order valence-electron chi connectivity index (χ4n) is 18.0. The summed E-state index contributed by atoms with van der Waals surface area (Å²) in [6.07, 6.45) is 24.5. The average Bonchev–Trinajstić information content (AvgIpc) is 1.74. The standard InChI is InChI=1S/C22H26FN5O3S2.C21H25FN6O3S2.2C18H24N4O4S2.CH4/c1-14-5-9-28(19(11-14)18-3-7-24-27(18)2)17-6-10-31-20-13-21(16(23)12-15(17)20)33(29,30)26-22-4-8-25-32-22;1-13-4-7-28(18(9-13)17-3-6-24-27(17)2)16-5-8-31-19-11-20(15(22)10-14(16)19)33(29,30)26-21-23-12-25-32-21;2*23-9-6-13-3-1-2-8-22(13)16-7-10-26-17-11-14(4-5-15(16)17)28(24,25)21-18-19-12-20-27-18;/h3-4,7-8,12-14,17,19,26H,5-6,9-11H2,1-2H3;3,6,10-13,16,18H,4-5,7-9H2,1-2H3,(H,23,25,26);2*4-5,11-13,16,23H,1-3,6-10H2,(H,19,20,21);1H4/t14-,17+,19+;13-,16-,18+;13-,16+;13-,16-;/m0110./s1. The normalized spacial score (nSPS) is 23.2. The van der Waals surface area contributed by atoms with Crippen molar-refractivity contribution < 1.29 is 71.6 Å². The molecule has 0 saturated carbocycles. The number of aliphatic hydroxyl groups is 2. The minimum Gasteiger partial charge on any atom is -0.493 e. The van der Waals surface area contributed by atoms with Crippen LogP contribution in [0.4, 0.5) is 29.2 Å². The van der Waals surface area contributed by atoms with Gasteiger partial charge in [0.05, 0.1) is 59.7 Å². The van der Waals surface area contributed by atoms with Crippen LogP contribution >= 0.6 is 46.1 Å². The first-order valence-electron chi connectivity index (χ1n) is 40.8. The van der Waals surface area contributed by atoms with E-state index in [2.05, 4.69) is 95.0 Å². The van der Waals surface area contributed by atoms with Crippen molar-refractivity contribution in [3.63, 3.8) is 0 Å². The lowest BCUT2D eigenvalue weighted by Gasteiger charge is -2.45. The highest BCUT2D eigenvalue weighted by Crippen LogP contribution is 2.50. The summed E-state index contributed by atoms with van der Waals surface area (Å²) in [6.45, 7) is 10.6. The van der Waals surface area contributed by atoms with Crippen LogP contribution in [0.3, 0.4) is 0 Å². The van der Waals surface area contributed by atoms with Gasteiger partial charge in [-0.1, -0.05) is 46.2 Å². The Balaban J connectivity index is 0.000000134. The molecule has 0 unspecified atom stereocenters. The molecule has 43 heteroatoms. The van der Waals surface area contributed by atoms with Crippen LogP contribution in [-0.4, -0.2) is 193 Å². The van der Waals surface area contributed by atoms with Crippen molar-refractivity contribution in [3.8, 4) is 23.0 Å². The molecule has 4 saturated heterocycles. The first kappa shape index (κ1) is 90.7. The van der Waals surface area contributed by atoms with Gasteiger partial charge in [-0.15, -0.1) is 0 Å². The van der Waals surface area contributed by atoms with Crippen LogP contribution in [-0.2, 0) is 54.2 Å². The monoisotopic (exact) mass is 1850 g/mol. The highest BCUT2D eigenvalue weighted by molar-refractivity contribution is 7.93. The van der Waals surface area contributed by atoms with Crippen molar-refractivity contribution in [3.05, 3.63) is 162 Å². The molecule has 18 rings (SSSR count). The van der Waals surface area contributed by atoms with Crippen LogP contribution in [0.25, 0.3) is 0 Å². The fraction of sp³-hybridized carbons (Fsp3) is 0.512. The van der Waals surface area contributed by atoms with Crippen LogP contribution in [0.2, 0.25) is 0 Å². The third kappa shape index (κ3) is 20.9. The zero-order chi connectivity index (χ0) is 85.5. The number of benzene rings is 4. The van der Waals surface area contributed by atoms with Gasteiger partial charge in [0.2, 0.25) is 15.4 Å². The number of aliphatic hydroxyl groups excluding tert-OH is 2. The number of halogens is 2. The Labute approximate surface area is 731 Å². The lowest BCUT2D eigenvalue weighted by atomic mass is 9.87. The SMILES string of the molecule is C.C[C@@H]1CCN([C@@H]2CCOc3cc(S(=O)(=O)Nc4ncns4)c(F)cc32)[C@H](c2ccnn2C)C1.C[C@H]1CCN([C@@H]2CCOc3cc(S(=O)(=O)Nc4ccns4)c(F)cc32)[C@@H](c2ccnn2C)C1.O=S(=O)(Nc1ncns1)c1ccc2c(c1)OCC[C@@H]2N1CCCC[C@@H]1CCO.O=S(=O)(Nc1ncns1)c1ccc2c(c1)OCC[C@@H]2N1CCCC[C@H]1CCO. The smallest absolute Gasteiger partial charge is 0.266 e. The Hall–Kier alpha value is -8.57. The van der Waals surface area contributed by atoms with Gasteiger partial charge in [-0.05, 0) is 156 Å². The number of fused-ring (bicyclic) bond motifs is 4. The predicted molar refractivity (Wildman–Crippen MR) is 463 cm³/mol. The molecule has 4 fully saturated rings. The molecule has 8 aliphatic rings. The maximum absolute atomic E-state index is 15.2. The molecule has 0 spiro atoms. The molecule has 0 aliphatic carbocycles. The van der Waals surface area contributed by atoms with E-state index in [-0.39, 0.29) is 82.1 Å². The summed E-state index contributed by atoms with van der Waals surface area (Å²) in [5.41, 5.74) is 5.66. The van der Waals surface area contributed by atoms with Crippen LogP contribution in [0.5, 0.6) is 23.0 Å². The Kier molecular flexibility index (Phi) is 29.5. The van der Waals surface area contributed by atoms with Crippen LogP contribution < -0.4 is 37.8 Å². The van der Waals surface area contributed by atoms with Gasteiger partial charge in [-0.3, -0.25) is 47.9 Å². The highest BCUT2D eigenvalue weighted by Gasteiger charge is 2.43. The second kappa shape index (κ2) is 40.0. The minimum atomic E-state index is -4.17. The summed E-state index contributed by atoms with van der Waals surface area (Å²) in [5, 5.41) is 28.4. The van der Waals surface area contributed by atoms with Crippen molar-refractivity contribution in [2.45, 2.75) is 192 Å². The summed E-state index contributed by atoms with van der Waals surface area (Å²) in [6, 6.07) is 22.2.